The fourth-order valence-electron chi connectivity index (χ4n) is 5.85. The van der Waals surface area contributed by atoms with E-state index >= 15 is 0 Å². The van der Waals surface area contributed by atoms with E-state index in [0.717, 1.165) is 0 Å². The Balaban J connectivity index is 1.23. The van der Waals surface area contributed by atoms with Gasteiger partial charge in [0.05, 0.1) is 18.0 Å². The van der Waals surface area contributed by atoms with Crippen molar-refractivity contribution in [2.75, 3.05) is 19.6 Å². The number of carboxylic acids is 1. The molecule has 5 rings (SSSR count). The van der Waals surface area contributed by atoms with Crippen molar-refractivity contribution in [2.45, 2.75) is 62.7 Å². The number of tetrazole rings is 1. The Morgan fingerprint density at radius 3 is 2.73 bits per heavy atom. The number of rotatable bonds is 8. The van der Waals surface area contributed by atoms with E-state index < -0.39 is 17.9 Å². The fraction of sp³-hybridized carbons (Fsp3) is 0.682. The lowest BCUT2D eigenvalue weighted by atomic mass is 9.78. The second-order valence-electron chi connectivity index (χ2n) is 10.7. The number of nitrogens with one attached hydrogen (secondary N) is 2. The molecule has 14 nitrogen and oxygen atoms in total. The van der Waals surface area contributed by atoms with Gasteiger partial charge >= 0.3 is 5.97 Å². The molecule has 4 aliphatic rings. The number of β-lactam (4-membered cyclic amide) rings is 1. The minimum Gasteiger partial charge on any atom is -0.477 e. The topological polar surface area (TPSA) is 189 Å². The van der Waals surface area contributed by atoms with Crippen LogP contribution in [0.15, 0.2) is 16.9 Å². The lowest BCUT2D eigenvalue weighted by molar-refractivity contribution is -0.158. The lowest BCUT2D eigenvalue weighted by Gasteiger charge is -2.47. The number of nitrogens with zero attached hydrogens (tertiary/aromatic N) is 6. The lowest BCUT2D eigenvalue weighted by Crippen LogP contribution is -2.68. The standard InChI is InChI=1S/C22H31N9O5S/c1-10-16-15(11(2)26-14(32)6-30-9-25-27-28-30)20(34)31(16)17(21(35)36)18(10)37-12-4-13(24-5-12)19(33)29-7-22(3,23)8-29/h9-13,15-16,24H,4-8,23H2,1-3H3,(H,26,32)(H,35,36)/t10-,11-,12+,13+,15-,16-/m1/s1. The van der Waals surface area contributed by atoms with E-state index in [0.29, 0.717) is 31.0 Å². The molecule has 5 N–H and O–H groups in total. The molecule has 0 aliphatic carbocycles. The van der Waals surface area contributed by atoms with Crippen molar-refractivity contribution < 1.29 is 24.3 Å². The molecule has 3 amide bonds. The molecule has 0 spiro atoms. The molecular formula is C22H31N9O5S. The van der Waals surface area contributed by atoms with Crippen molar-refractivity contribution in [3.05, 3.63) is 16.9 Å². The van der Waals surface area contributed by atoms with Crippen LogP contribution >= 0.6 is 11.8 Å². The van der Waals surface area contributed by atoms with Gasteiger partial charge in [-0.2, -0.15) is 0 Å². The Labute approximate surface area is 217 Å². The molecular weight excluding hydrogens is 502 g/mol. The van der Waals surface area contributed by atoms with Gasteiger partial charge < -0.3 is 31.3 Å². The van der Waals surface area contributed by atoms with Crippen LogP contribution in [0.25, 0.3) is 0 Å². The van der Waals surface area contributed by atoms with Crippen LogP contribution in [0.3, 0.4) is 0 Å². The molecule has 0 bridgehead atoms. The quantitative estimate of drug-likeness (QED) is 0.270. The summed E-state index contributed by atoms with van der Waals surface area (Å²) in [5.74, 6) is -2.57. The molecule has 3 fully saturated rings. The SMILES string of the molecule is C[C@@H](NC(=O)Cn1cnnn1)[C@H]1C(=O)N2C(C(=O)O)=C(S[C@@H]3CN[C@H](C(=O)N4CC(C)(N)C4)C3)[C@H](C)[C@H]12. The van der Waals surface area contributed by atoms with Crippen LogP contribution in [0.1, 0.15) is 27.2 Å². The highest BCUT2D eigenvalue weighted by molar-refractivity contribution is 8.03. The van der Waals surface area contributed by atoms with Crippen LogP contribution in [0, 0.1) is 11.8 Å². The van der Waals surface area contributed by atoms with Gasteiger partial charge in [0, 0.05) is 47.3 Å². The van der Waals surface area contributed by atoms with E-state index in [9.17, 15) is 24.3 Å². The highest BCUT2D eigenvalue weighted by Gasteiger charge is 2.60. The zero-order chi connectivity index (χ0) is 26.6. The van der Waals surface area contributed by atoms with Gasteiger partial charge in [0.25, 0.3) is 0 Å². The minimum absolute atomic E-state index is 0.00684. The number of aromatic nitrogens is 4. The van der Waals surface area contributed by atoms with E-state index in [1.165, 1.54) is 27.7 Å². The van der Waals surface area contributed by atoms with E-state index in [1.54, 1.807) is 11.8 Å². The second kappa shape index (κ2) is 9.36. The van der Waals surface area contributed by atoms with Gasteiger partial charge in [0.2, 0.25) is 17.7 Å². The second-order valence-corrected chi connectivity index (χ2v) is 12.0. The van der Waals surface area contributed by atoms with Gasteiger partial charge in [0.15, 0.2) is 0 Å². The van der Waals surface area contributed by atoms with Crippen LogP contribution in [-0.4, -0.2) is 107 Å². The Hall–Kier alpha value is -3.04. The van der Waals surface area contributed by atoms with E-state index in [2.05, 4.69) is 26.2 Å². The summed E-state index contributed by atoms with van der Waals surface area (Å²) in [6.45, 7) is 7.10. The Kier molecular flexibility index (Phi) is 6.48. The Morgan fingerprint density at radius 2 is 2.11 bits per heavy atom. The molecule has 1 aromatic rings. The zero-order valence-electron chi connectivity index (χ0n) is 20.8. The third-order valence-corrected chi connectivity index (χ3v) is 9.03. The molecule has 0 radical (unpaired) electrons. The highest BCUT2D eigenvalue weighted by Crippen LogP contribution is 2.51. The van der Waals surface area contributed by atoms with Gasteiger partial charge in [-0.05, 0) is 30.7 Å². The number of thioether (sulfide) groups is 1. The normalized spacial score (nSPS) is 31.0. The maximum Gasteiger partial charge on any atom is 0.353 e. The molecule has 3 saturated heterocycles. The number of carbonyl (C=O) groups excluding carboxylic acids is 3. The van der Waals surface area contributed by atoms with Gasteiger partial charge in [-0.15, -0.1) is 16.9 Å². The third kappa shape index (κ3) is 4.59. The predicted molar refractivity (Wildman–Crippen MR) is 130 cm³/mol. The average Bonchev–Trinajstić information content (AvgIpc) is 3.52. The molecule has 0 saturated carbocycles. The summed E-state index contributed by atoms with van der Waals surface area (Å²) >= 11 is 1.43. The smallest absolute Gasteiger partial charge is 0.353 e. The molecule has 1 aromatic heterocycles. The number of amides is 3. The van der Waals surface area contributed by atoms with Crippen LogP contribution in [-0.2, 0) is 25.7 Å². The molecule has 6 atom stereocenters. The maximum atomic E-state index is 13.1. The number of carboxylic acid groups (broad SMARTS) is 1. The first-order valence-corrected chi connectivity index (χ1v) is 13.1. The van der Waals surface area contributed by atoms with Gasteiger partial charge in [-0.3, -0.25) is 14.4 Å². The Bertz CT molecular complexity index is 1150. The summed E-state index contributed by atoms with van der Waals surface area (Å²) in [6, 6.07) is -1.19. The van der Waals surface area contributed by atoms with Crippen LogP contribution < -0.4 is 16.4 Å². The summed E-state index contributed by atoms with van der Waals surface area (Å²) in [4.78, 5) is 54.2. The predicted octanol–water partition coefficient (Wildman–Crippen LogP) is -2.03. The number of nitrogens with two attached hydrogens (primary N) is 1. The van der Waals surface area contributed by atoms with Crippen molar-refractivity contribution in [1.29, 1.82) is 0 Å². The summed E-state index contributed by atoms with van der Waals surface area (Å²) in [5, 5.41) is 26.7. The number of hydrogen-bond acceptors (Lipinski definition) is 10. The first-order valence-electron chi connectivity index (χ1n) is 12.2. The maximum absolute atomic E-state index is 13.1. The number of hydrogen-bond donors (Lipinski definition) is 4. The molecule has 4 aliphatic heterocycles. The molecule has 0 unspecified atom stereocenters. The summed E-state index contributed by atoms with van der Waals surface area (Å²) in [7, 11) is 0. The Morgan fingerprint density at radius 1 is 1.38 bits per heavy atom. The zero-order valence-corrected chi connectivity index (χ0v) is 21.6. The van der Waals surface area contributed by atoms with Crippen molar-refractivity contribution in [3.63, 3.8) is 0 Å². The largest absolute Gasteiger partial charge is 0.477 e. The van der Waals surface area contributed by atoms with Gasteiger partial charge in [-0.1, -0.05) is 6.92 Å². The van der Waals surface area contributed by atoms with Crippen molar-refractivity contribution >= 4 is 35.5 Å². The summed E-state index contributed by atoms with van der Waals surface area (Å²) in [5.41, 5.74) is 5.69. The summed E-state index contributed by atoms with van der Waals surface area (Å²) < 4.78 is 1.28. The number of fused-ring (bicyclic) bond motifs is 1. The van der Waals surface area contributed by atoms with Crippen molar-refractivity contribution in [3.8, 4) is 0 Å². The monoisotopic (exact) mass is 533 g/mol. The first-order chi connectivity index (χ1) is 17.5. The first kappa shape index (κ1) is 25.6. The molecule has 37 heavy (non-hydrogen) atoms. The van der Waals surface area contributed by atoms with Crippen LogP contribution in [0.5, 0.6) is 0 Å². The van der Waals surface area contributed by atoms with Gasteiger partial charge in [0.1, 0.15) is 18.6 Å². The van der Waals surface area contributed by atoms with Gasteiger partial charge in [-0.25, -0.2) is 9.48 Å². The molecule has 15 heteroatoms. The minimum atomic E-state index is -1.15. The average molecular weight is 534 g/mol. The van der Waals surface area contributed by atoms with Crippen LogP contribution in [0.4, 0.5) is 0 Å². The third-order valence-electron chi connectivity index (χ3n) is 7.51. The fourth-order valence-corrected chi connectivity index (χ4v) is 7.33. The van der Waals surface area contributed by atoms with Crippen molar-refractivity contribution in [2.24, 2.45) is 17.6 Å². The van der Waals surface area contributed by atoms with E-state index in [1.807, 2.05) is 13.8 Å². The van der Waals surface area contributed by atoms with E-state index in [-0.39, 0.29) is 58.8 Å². The van der Waals surface area contributed by atoms with Crippen molar-refractivity contribution in [1.82, 2.24) is 40.6 Å². The molecule has 200 valence electrons. The summed E-state index contributed by atoms with van der Waals surface area (Å²) in [6.07, 6.45) is 1.89. The number of aliphatic carboxylic acids is 1. The number of carbonyl (C=O) groups is 4. The molecule has 5 heterocycles. The molecule has 0 aromatic carbocycles. The number of likely N-dealkylation sites (tertiary alicyclic amines) is 1. The van der Waals surface area contributed by atoms with E-state index in [4.69, 9.17) is 5.73 Å². The highest BCUT2D eigenvalue weighted by atomic mass is 32.2. The van der Waals surface area contributed by atoms with Crippen LogP contribution in [0.2, 0.25) is 0 Å².